The fourth-order valence-corrected chi connectivity index (χ4v) is 2.26. The highest BCUT2D eigenvalue weighted by atomic mass is 16.1. The molecule has 1 amide bonds. The van der Waals surface area contributed by atoms with Gasteiger partial charge in [-0.25, -0.2) is 9.97 Å². The summed E-state index contributed by atoms with van der Waals surface area (Å²) in [7, 11) is 0. The second-order valence-corrected chi connectivity index (χ2v) is 5.21. The highest BCUT2D eigenvalue weighted by Crippen LogP contribution is 2.19. The third-order valence-corrected chi connectivity index (χ3v) is 3.50. The number of hydrogen-bond acceptors (Lipinski definition) is 5. The lowest BCUT2D eigenvalue weighted by molar-refractivity contribution is 0.102. The number of hydrogen-bond donors (Lipinski definition) is 2. The minimum absolute atomic E-state index is 0.274. The third kappa shape index (κ3) is 6.79. The molecule has 148 valence electrons. The van der Waals surface area contributed by atoms with E-state index in [0.717, 1.165) is 16.9 Å². The minimum atomic E-state index is -0.274. The van der Waals surface area contributed by atoms with Crippen LogP contribution < -0.4 is 10.6 Å². The number of para-hydroxylation sites is 1. The van der Waals surface area contributed by atoms with E-state index in [1.54, 1.807) is 12.4 Å². The van der Waals surface area contributed by atoms with E-state index >= 15 is 0 Å². The van der Waals surface area contributed by atoms with E-state index in [4.69, 9.17) is 0 Å². The van der Waals surface area contributed by atoms with Gasteiger partial charge < -0.3 is 10.6 Å². The van der Waals surface area contributed by atoms with Crippen LogP contribution in [0.15, 0.2) is 61.2 Å². The van der Waals surface area contributed by atoms with Crippen LogP contribution in [0, 0.1) is 6.92 Å². The van der Waals surface area contributed by atoms with Gasteiger partial charge in [-0.15, -0.1) is 0 Å². The summed E-state index contributed by atoms with van der Waals surface area (Å²) in [4.78, 5) is 24.9. The Hall–Kier alpha value is -3.28. The first kappa shape index (κ1) is 22.8. The van der Waals surface area contributed by atoms with Crippen molar-refractivity contribution >= 4 is 17.3 Å². The highest BCUT2D eigenvalue weighted by molar-refractivity contribution is 6.06. The van der Waals surface area contributed by atoms with Crippen molar-refractivity contribution in [3.8, 4) is 0 Å². The van der Waals surface area contributed by atoms with Crippen molar-refractivity contribution in [1.82, 2.24) is 15.0 Å². The lowest BCUT2D eigenvalue weighted by atomic mass is 10.2. The maximum atomic E-state index is 12.5. The number of carbonyl (C=O) groups is 1. The van der Waals surface area contributed by atoms with Crippen LogP contribution in [0.2, 0.25) is 0 Å². The molecule has 2 aromatic heterocycles. The molecule has 0 unspecified atom stereocenters. The molecule has 0 atom stereocenters. The average Bonchev–Trinajstić information content (AvgIpc) is 2.77. The summed E-state index contributed by atoms with van der Waals surface area (Å²) in [5.74, 6) is -0.274. The van der Waals surface area contributed by atoms with E-state index < -0.39 is 0 Å². The van der Waals surface area contributed by atoms with E-state index in [1.165, 1.54) is 6.33 Å². The Labute approximate surface area is 167 Å². The second-order valence-electron chi connectivity index (χ2n) is 5.21. The molecule has 2 N–H and O–H groups in total. The molecule has 0 aliphatic rings. The maximum Gasteiger partial charge on any atom is 0.276 e. The number of nitrogens with one attached hydrogen (secondary N) is 2. The van der Waals surface area contributed by atoms with Crippen molar-refractivity contribution in [2.45, 2.75) is 41.2 Å². The van der Waals surface area contributed by atoms with Crippen LogP contribution in [-0.2, 0) is 6.54 Å². The van der Waals surface area contributed by atoms with E-state index in [2.05, 4.69) is 25.6 Å². The molecule has 0 aliphatic carbocycles. The minimum Gasteiger partial charge on any atom is -0.378 e. The number of rotatable bonds is 5. The van der Waals surface area contributed by atoms with Gasteiger partial charge in [-0.2, -0.15) is 0 Å². The molecule has 3 rings (SSSR count). The van der Waals surface area contributed by atoms with Crippen LogP contribution in [-0.4, -0.2) is 20.9 Å². The summed E-state index contributed by atoms with van der Waals surface area (Å²) in [6.45, 7) is 10.4. The summed E-state index contributed by atoms with van der Waals surface area (Å²) < 4.78 is 0. The molecular formula is C22H29N5O. The molecule has 0 fully saturated rings. The van der Waals surface area contributed by atoms with E-state index in [1.807, 2.05) is 77.1 Å². The van der Waals surface area contributed by atoms with Gasteiger partial charge in [0.25, 0.3) is 5.91 Å². The van der Waals surface area contributed by atoms with Crippen LogP contribution in [0.5, 0.6) is 0 Å². The SMILES string of the molecule is CC.CC.Cc1ncnc(C(=O)Nc2ccccc2)c1NCc1ccncc1. The Balaban J connectivity index is 0.000000921. The molecule has 0 spiro atoms. The number of anilines is 2. The highest BCUT2D eigenvalue weighted by Gasteiger charge is 2.16. The monoisotopic (exact) mass is 379 g/mol. The van der Waals surface area contributed by atoms with Gasteiger partial charge in [-0.05, 0) is 36.8 Å². The Morgan fingerprint density at radius 1 is 0.929 bits per heavy atom. The van der Waals surface area contributed by atoms with Crippen LogP contribution in [0.3, 0.4) is 0 Å². The number of amides is 1. The lowest BCUT2D eigenvalue weighted by Crippen LogP contribution is -2.18. The summed E-state index contributed by atoms with van der Waals surface area (Å²) in [5, 5.41) is 6.10. The van der Waals surface area contributed by atoms with Gasteiger partial charge >= 0.3 is 0 Å². The largest absolute Gasteiger partial charge is 0.378 e. The normalized spacial score (nSPS) is 9.18. The molecule has 0 saturated heterocycles. The summed E-state index contributed by atoms with van der Waals surface area (Å²) in [6, 6.07) is 13.1. The molecule has 0 saturated carbocycles. The Morgan fingerprint density at radius 2 is 1.57 bits per heavy atom. The van der Waals surface area contributed by atoms with Gasteiger partial charge in [0.05, 0.1) is 11.4 Å². The fraction of sp³-hybridized carbons (Fsp3) is 0.273. The van der Waals surface area contributed by atoms with Crippen molar-refractivity contribution in [3.63, 3.8) is 0 Å². The molecule has 0 bridgehead atoms. The van der Waals surface area contributed by atoms with Crippen molar-refractivity contribution in [2.24, 2.45) is 0 Å². The molecule has 0 radical (unpaired) electrons. The first-order chi connectivity index (χ1) is 13.7. The zero-order chi connectivity index (χ0) is 20.8. The van der Waals surface area contributed by atoms with Gasteiger partial charge in [-0.3, -0.25) is 9.78 Å². The zero-order valence-electron chi connectivity index (χ0n) is 17.2. The molecular weight excluding hydrogens is 350 g/mol. The van der Waals surface area contributed by atoms with Crippen molar-refractivity contribution in [1.29, 1.82) is 0 Å². The van der Waals surface area contributed by atoms with Crippen LogP contribution in [0.25, 0.3) is 0 Å². The predicted molar refractivity (Wildman–Crippen MR) is 115 cm³/mol. The van der Waals surface area contributed by atoms with Crippen LogP contribution in [0.1, 0.15) is 49.4 Å². The zero-order valence-corrected chi connectivity index (χ0v) is 17.2. The van der Waals surface area contributed by atoms with Gasteiger partial charge in [-0.1, -0.05) is 45.9 Å². The molecule has 28 heavy (non-hydrogen) atoms. The van der Waals surface area contributed by atoms with Crippen molar-refractivity contribution in [3.05, 3.63) is 78.1 Å². The smallest absolute Gasteiger partial charge is 0.276 e. The van der Waals surface area contributed by atoms with Gasteiger partial charge in [0.2, 0.25) is 0 Å². The summed E-state index contributed by atoms with van der Waals surface area (Å²) in [5.41, 5.74) is 3.45. The summed E-state index contributed by atoms with van der Waals surface area (Å²) in [6.07, 6.45) is 4.86. The van der Waals surface area contributed by atoms with E-state index in [0.29, 0.717) is 17.9 Å². The molecule has 0 aliphatic heterocycles. The standard InChI is InChI=1S/C18H17N5O.2C2H6/c1-13-16(20-11-14-7-9-19-10-8-14)17(22-12-21-13)18(24)23-15-5-3-2-4-6-15;2*1-2/h2-10,12,20H,11H2,1H3,(H,23,24);2*1-2H3. The molecule has 1 aromatic carbocycles. The van der Waals surface area contributed by atoms with Crippen LogP contribution in [0.4, 0.5) is 11.4 Å². The number of aromatic nitrogens is 3. The van der Waals surface area contributed by atoms with E-state index in [9.17, 15) is 4.79 Å². The number of carbonyl (C=O) groups excluding carboxylic acids is 1. The lowest BCUT2D eigenvalue weighted by Gasteiger charge is -2.13. The first-order valence-electron chi connectivity index (χ1n) is 9.55. The van der Waals surface area contributed by atoms with Crippen molar-refractivity contribution < 1.29 is 4.79 Å². The van der Waals surface area contributed by atoms with E-state index in [-0.39, 0.29) is 5.91 Å². The fourth-order valence-electron chi connectivity index (χ4n) is 2.26. The topological polar surface area (TPSA) is 79.8 Å². The molecule has 6 heteroatoms. The average molecular weight is 380 g/mol. The quantitative estimate of drug-likeness (QED) is 0.645. The number of benzene rings is 1. The second kappa shape index (κ2) is 13.0. The third-order valence-electron chi connectivity index (χ3n) is 3.50. The molecule has 6 nitrogen and oxygen atoms in total. The number of nitrogens with zero attached hydrogens (tertiary/aromatic N) is 3. The first-order valence-corrected chi connectivity index (χ1v) is 9.55. The van der Waals surface area contributed by atoms with Crippen LogP contribution >= 0.6 is 0 Å². The molecule has 3 aromatic rings. The summed E-state index contributed by atoms with van der Waals surface area (Å²) >= 11 is 0. The predicted octanol–water partition coefficient (Wildman–Crippen LogP) is 5.10. The number of aryl methyl sites for hydroxylation is 1. The Kier molecular flexibility index (Phi) is 10.5. The number of pyridine rings is 1. The Bertz CT molecular complexity index is 823. The van der Waals surface area contributed by atoms with Gasteiger partial charge in [0.15, 0.2) is 5.69 Å². The van der Waals surface area contributed by atoms with Crippen molar-refractivity contribution in [2.75, 3.05) is 10.6 Å². The molecule has 2 heterocycles. The van der Waals surface area contributed by atoms with Gasteiger partial charge in [0, 0.05) is 24.6 Å². The Morgan fingerprint density at radius 3 is 2.21 bits per heavy atom. The van der Waals surface area contributed by atoms with Gasteiger partial charge in [0.1, 0.15) is 6.33 Å². The maximum absolute atomic E-state index is 12.5.